The maximum absolute atomic E-state index is 12.5. The molecule has 1 heterocycles. The summed E-state index contributed by atoms with van der Waals surface area (Å²) in [6, 6.07) is 6.56. The Morgan fingerprint density at radius 2 is 1.90 bits per heavy atom. The highest BCUT2D eigenvalue weighted by Crippen LogP contribution is 2.49. The fourth-order valence-electron chi connectivity index (χ4n) is 3.17. The molecule has 1 aromatic rings. The molecule has 6 heteroatoms. The van der Waals surface area contributed by atoms with E-state index >= 15 is 0 Å². The lowest BCUT2D eigenvalue weighted by Crippen LogP contribution is -2.57. The molecular formula is C14H18ClNO3S. The zero-order chi connectivity index (χ0) is 14.2. The van der Waals surface area contributed by atoms with Crippen molar-refractivity contribution in [2.75, 3.05) is 13.2 Å². The number of nitrogens with one attached hydrogen (secondary N) is 1. The molecule has 2 fully saturated rings. The Balaban J connectivity index is 1.79. The maximum atomic E-state index is 12.5. The Kier molecular flexibility index (Phi) is 3.79. The second-order valence-electron chi connectivity index (χ2n) is 5.62. The SMILES string of the molecule is O=S(=O)(NC1CCC12CCOCC2)c1ccccc1Cl. The van der Waals surface area contributed by atoms with Crippen LogP contribution in [0.5, 0.6) is 0 Å². The monoisotopic (exact) mass is 315 g/mol. The van der Waals surface area contributed by atoms with Crippen LogP contribution in [0.4, 0.5) is 0 Å². The molecule has 1 saturated heterocycles. The van der Waals surface area contributed by atoms with Gasteiger partial charge in [-0.2, -0.15) is 0 Å². The molecule has 110 valence electrons. The lowest BCUT2D eigenvalue weighted by molar-refractivity contribution is -0.0483. The van der Waals surface area contributed by atoms with Gasteiger partial charge in [-0.15, -0.1) is 0 Å². The van der Waals surface area contributed by atoms with E-state index in [-0.39, 0.29) is 21.4 Å². The van der Waals surface area contributed by atoms with E-state index in [0.717, 1.165) is 38.9 Å². The molecule has 0 amide bonds. The smallest absolute Gasteiger partial charge is 0.242 e. The molecule has 1 aromatic carbocycles. The average Bonchev–Trinajstić information content (AvgIpc) is 2.45. The number of halogens is 1. The first-order valence-electron chi connectivity index (χ1n) is 6.88. The van der Waals surface area contributed by atoms with Crippen molar-refractivity contribution >= 4 is 21.6 Å². The summed E-state index contributed by atoms with van der Waals surface area (Å²) in [6.07, 6.45) is 3.83. The van der Waals surface area contributed by atoms with Crippen molar-refractivity contribution in [3.63, 3.8) is 0 Å². The molecule has 0 bridgehead atoms. The van der Waals surface area contributed by atoms with Gasteiger partial charge in [-0.05, 0) is 43.2 Å². The molecule has 0 aromatic heterocycles. The second-order valence-corrected chi connectivity index (χ2v) is 7.71. The van der Waals surface area contributed by atoms with E-state index in [1.165, 1.54) is 0 Å². The van der Waals surface area contributed by atoms with Crippen LogP contribution >= 0.6 is 11.6 Å². The Morgan fingerprint density at radius 1 is 1.20 bits per heavy atom. The third-order valence-corrected chi connectivity index (χ3v) is 6.55. The van der Waals surface area contributed by atoms with Crippen LogP contribution in [0.1, 0.15) is 25.7 Å². The largest absolute Gasteiger partial charge is 0.381 e. The van der Waals surface area contributed by atoms with Crippen molar-refractivity contribution in [3.8, 4) is 0 Å². The zero-order valence-corrected chi connectivity index (χ0v) is 12.7. The summed E-state index contributed by atoms with van der Waals surface area (Å²) in [5.41, 5.74) is 0.0899. The fraction of sp³-hybridized carbons (Fsp3) is 0.571. The van der Waals surface area contributed by atoms with Crippen LogP contribution in [-0.4, -0.2) is 27.7 Å². The van der Waals surface area contributed by atoms with Crippen LogP contribution in [0.25, 0.3) is 0 Å². The minimum Gasteiger partial charge on any atom is -0.381 e. The second kappa shape index (κ2) is 5.30. The minimum atomic E-state index is -3.55. The Labute approximate surface area is 124 Å². The first kappa shape index (κ1) is 14.3. The molecular weight excluding hydrogens is 298 g/mol. The van der Waals surface area contributed by atoms with E-state index in [1.54, 1.807) is 24.3 Å². The minimum absolute atomic E-state index is 0.00710. The van der Waals surface area contributed by atoms with E-state index in [4.69, 9.17) is 16.3 Å². The number of rotatable bonds is 3. The van der Waals surface area contributed by atoms with Gasteiger partial charge in [0.15, 0.2) is 0 Å². The van der Waals surface area contributed by atoms with Crippen molar-refractivity contribution < 1.29 is 13.2 Å². The van der Waals surface area contributed by atoms with Crippen molar-refractivity contribution in [1.82, 2.24) is 4.72 Å². The normalized spacial score (nSPS) is 25.4. The summed E-state index contributed by atoms with van der Waals surface area (Å²) < 4.78 is 33.1. The molecule has 1 N–H and O–H groups in total. The van der Waals surface area contributed by atoms with Crippen molar-refractivity contribution in [1.29, 1.82) is 0 Å². The van der Waals surface area contributed by atoms with Crippen LogP contribution in [0, 0.1) is 5.41 Å². The van der Waals surface area contributed by atoms with Crippen LogP contribution < -0.4 is 4.72 Å². The topological polar surface area (TPSA) is 55.4 Å². The summed E-state index contributed by atoms with van der Waals surface area (Å²) in [5.74, 6) is 0. The molecule has 3 rings (SSSR count). The number of benzene rings is 1. The third kappa shape index (κ3) is 2.48. The van der Waals surface area contributed by atoms with E-state index in [0.29, 0.717) is 0 Å². The zero-order valence-electron chi connectivity index (χ0n) is 11.1. The molecule has 4 nitrogen and oxygen atoms in total. The highest BCUT2D eigenvalue weighted by Gasteiger charge is 2.48. The number of hydrogen-bond acceptors (Lipinski definition) is 3. The van der Waals surface area contributed by atoms with Gasteiger partial charge in [0.05, 0.1) is 5.02 Å². The van der Waals surface area contributed by atoms with Gasteiger partial charge in [0.25, 0.3) is 0 Å². The lowest BCUT2D eigenvalue weighted by atomic mass is 9.60. The molecule has 1 aliphatic carbocycles. The summed E-state index contributed by atoms with van der Waals surface area (Å²) >= 11 is 5.99. The fourth-order valence-corrected chi connectivity index (χ4v) is 5.06. The van der Waals surface area contributed by atoms with Crippen molar-refractivity contribution in [2.24, 2.45) is 5.41 Å². The summed E-state index contributed by atoms with van der Waals surface area (Å²) in [5, 5.41) is 0.264. The molecule has 1 atom stereocenters. The van der Waals surface area contributed by atoms with Gasteiger partial charge in [-0.3, -0.25) is 0 Å². The van der Waals surface area contributed by atoms with E-state index < -0.39 is 10.0 Å². The molecule has 0 radical (unpaired) electrons. The average molecular weight is 316 g/mol. The standard InChI is InChI=1S/C14H18ClNO3S/c15-11-3-1-2-4-12(11)20(17,18)16-13-5-6-14(13)7-9-19-10-8-14/h1-4,13,16H,5-10H2. The summed E-state index contributed by atoms with van der Waals surface area (Å²) in [4.78, 5) is 0.163. The highest BCUT2D eigenvalue weighted by molar-refractivity contribution is 7.89. The predicted octanol–water partition coefficient (Wildman–Crippen LogP) is 2.58. The predicted molar refractivity (Wildman–Crippen MR) is 77.3 cm³/mol. The quantitative estimate of drug-likeness (QED) is 0.932. The summed E-state index contributed by atoms with van der Waals surface area (Å²) in [7, 11) is -3.55. The number of hydrogen-bond donors (Lipinski definition) is 1. The van der Waals surface area contributed by atoms with E-state index in [9.17, 15) is 8.42 Å². The molecule has 1 spiro atoms. The van der Waals surface area contributed by atoms with Crippen molar-refractivity contribution in [3.05, 3.63) is 29.3 Å². The Hall–Kier alpha value is -0.620. The number of ether oxygens (including phenoxy) is 1. The van der Waals surface area contributed by atoms with Gasteiger partial charge >= 0.3 is 0 Å². The van der Waals surface area contributed by atoms with Gasteiger partial charge in [0, 0.05) is 19.3 Å². The Morgan fingerprint density at radius 3 is 2.50 bits per heavy atom. The number of sulfonamides is 1. The summed E-state index contributed by atoms with van der Waals surface area (Å²) in [6.45, 7) is 1.45. The van der Waals surface area contributed by atoms with Crippen LogP contribution in [-0.2, 0) is 14.8 Å². The van der Waals surface area contributed by atoms with Gasteiger partial charge in [0.1, 0.15) is 4.90 Å². The van der Waals surface area contributed by atoms with E-state index in [2.05, 4.69) is 4.72 Å². The third-order valence-electron chi connectivity index (χ3n) is 4.58. The maximum Gasteiger partial charge on any atom is 0.242 e. The first-order chi connectivity index (χ1) is 9.54. The Bertz CT molecular complexity index is 596. The van der Waals surface area contributed by atoms with Gasteiger partial charge < -0.3 is 4.74 Å². The van der Waals surface area contributed by atoms with Gasteiger partial charge in [-0.25, -0.2) is 13.1 Å². The highest BCUT2D eigenvalue weighted by atomic mass is 35.5. The molecule has 2 aliphatic rings. The molecule has 1 saturated carbocycles. The van der Waals surface area contributed by atoms with Gasteiger partial charge in [0.2, 0.25) is 10.0 Å². The molecule has 1 aliphatic heterocycles. The van der Waals surface area contributed by atoms with Crippen LogP contribution in [0.3, 0.4) is 0 Å². The van der Waals surface area contributed by atoms with Crippen LogP contribution in [0.2, 0.25) is 5.02 Å². The molecule has 1 unspecified atom stereocenters. The van der Waals surface area contributed by atoms with Gasteiger partial charge in [-0.1, -0.05) is 23.7 Å². The van der Waals surface area contributed by atoms with E-state index in [1.807, 2.05) is 0 Å². The van der Waals surface area contributed by atoms with Crippen molar-refractivity contribution in [2.45, 2.75) is 36.6 Å². The first-order valence-corrected chi connectivity index (χ1v) is 8.74. The lowest BCUT2D eigenvalue weighted by Gasteiger charge is -2.51. The van der Waals surface area contributed by atoms with Crippen LogP contribution in [0.15, 0.2) is 29.2 Å². The molecule has 20 heavy (non-hydrogen) atoms.